The maximum absolute atomic E-state index is 11.0. The molecule has 0 rings (SSSR count). The molecule has 13 heavy (non-hydrogen) atoms. The minimum Gasteiger partial charge on any atom is -0.294 e. The minimum atomic E-state index is 0.120. The number of ketones is 1. The highest BCUT2D eigenvalue weighted by Gasteiger charge is 2.04. The Balaban J connectivity index is 4.18. The first-order chi connectivity index (χ1) is 6.11. The second-order valence-corrected chi connectivity index (χ2v) is 5.07. The van der Waals surface area contributed by atoms with Crippen LogP contribution < -0.4 is 0 Å². The molecule has 0 aliphatic carbocycles. The number of rotatable bonds is 5. The average Bonchev–Trinajstić information content (AvgIpc) is 2.10. The standard InChI is InChI=1S/C10H15BrOS/c1-4-6-7-10(11)13-9(5-2)8(3)12/h5,7H,4,6H2,1-3H3/b9-5-,10-7+. The molecule has 74 valence electrons. The molecule has 0 radical (unpaired) electrons. The van der Waals surface area contributed by atoms with Gasteiger partial charge in [0, 0.05) is 0 Å². The number of hydrogen-bond donors (Lipinski definition) is 0. The van der Waals surface area contributed by atoms with E-state index in [9.17, 15) is 4.79 Å². The summed E-state index contributed by atoms with van der Waals surface area (Å²) in [5.41, 5.74) is 0. The molecule has 0 aromatic rings. The SMILES string of the molecule is C/C=C(\S/C(Br)=C/CCC)C(C)=O. The van der Waals surface area contributed by atoms with Crippen molar-refractivity contribution in [2.75, 3.05) is 0 Å². The molecule has 0 amide bonds. The fourth-order valence-electron chi connectivity index (χ4n) is 0.739. The van der Waals surface area contributed by atoms with Crippen LogP contribution in [-0.4, -0.2) is 5.78 Å². The molecule has 3 heteroatoms. The summed E-state index contributed by atoms with van der Waals surface area (Å²) < 4.78 is 1.03. The molecule has 0 fully saturated rings. The van der Waals surface area contributed by atoms with Gasteiger partial charge in [0.25, 0.3) is 0 Å². The monoisotopic (exact) mass is 262 g/mol. The van der Waals surface area contributed by atoms with Gasteiger partial charge in [-0.2, -0.15) is 0 Å². The van der Waals surface area contributed by atoms with Crippen molar-refractivity contribution in [3.05, 3.63) is 20.9 Å². The summed E-state index contributed by atoms with van der Waals surface area (Å²) in [5, 5.41) is 0. The van der Waals surface area contributed by atoms with Gasteiger partial charge in [-0.1, -0.05) is 37.3 Å². The zero-order chi connectivity index (χ0) is 10.3. The Kier molecular flexibility index (Phi) is 7.38. The van der Waals surface area contributed by atoms with Gasteiger partial charge in [0.05, 0.1) is 8.72 Å². The lowest BCUT2D eigenvalue weighted by atomic mass is 10.3. The third-order valence-corrected chi connectivity index (χ3v) is 3.32. The van der Waals surface area contributed by atoms with Crippen LogP contribution in [0.1, 0.15) is 33.6 Å². The number of unbranched alkanes of at least 4 members (excludes halogenated alkanes) is 1. The highest BCUT2D eigenvalue weighted by atomic mass is 79.9. The number of carbonyl (C=O) groups is 1. The van der Waals surface area contributed by atoms with Crippen LogP contribution in [0.3, 0.4) is 0 Å². The van der Waals surface area contributed by atoms with Gasteiger partial charge < -0.3 is 0 Å². The third kappa shape index (κ3) is 6.11. The molecule has 0 aliphatic heterocycles. The summed E-state index contributed by atoms with van der Waals surface area (Å²) in [6, 6.07) is 0. The minimum absolute atomic E-state index is 0.120. The molecule has 0 atom stereocenters. The lowest BCUT2D eigenvalue weighted by molar-refractivity contribution is -0.112. The Morgan fingerprint density at radius 1 is 1.54 bits per heavy atom. The van der Waals surface area contributed by atoms with Crippen LogP contribution in [0.2, 0.25) is 0 Å². The van der Waals surface area contributed by atoms with E-state index in [1.165, 1.54) is 11.8 Å². The van der Waals surface area contributed by atoms with Gasteiger partial charge in [0.2, 0.25) is 0 Å². The van der Waals surface area contributed by atoms with E-state index in [2.05, 4.69) is 28.9 Å². The van der Waals surface area contributed by atoms with Crippen molar-refractivity contribution in [3.8, 4) is 0 Å². The van der Waals surface area contributed by atoms with Crippen molar-refractivity contribution in [2.24, 2.45) is 0 Å². The van der Waals surface area contributed by atoms with E-state index in [0.29, 0.717) is 0 Å². The topological polar surface area (TPSA) is 17.1 Å². The summed E-state index contributed by atoms with van der Waals surface area (Å²) in [7, 11) is 0. The van der Waals surface area contributed by atoms with Crippen LogP contribution in [0.5, 0.6) is 0 Å². The molecule has 0 aliphatic rings. The van der Waals surface area contributed by atoms with E-state index in [0.717, 1.165) is 21.6 Å². The predicted molar refractivity (Wildman–Crippen MR) is 63.9 cm³/mol. The predicted octanol–water partition coefficient (Wildman–Crippen LogP) is 4.25. The molecule has 0 bridgehead atoms. The van der Waals surface area contributed by atoms with E-state index in [1.54, 1.807) is 6.92 Å². The Hall–Kier alpha value is -0.0200. The van der Waals surface area contributed by atoms with Gasteiger partial charge >= 0.3 is 0 Å². The van der Waals surface area contributed by atoms with Crippen molar-refractivity contribution in [3.63, 3.8) is 0 Å². The van der Waals surface area contributed by atoms with Crippen LogP contribution in [0.4, 0.5) is 0 Å². The first-order valence-electron chi connectivity index (χ1n) is 4.32. The molecular weight excluding hydrogens is 248 g/mol. The van der Waals surface area contributed by atoms with Crippen LogP contribution >= 0.6 is 27.7 Å². The Bertz CT molecular complexity index is 231. The van der Waals surface area contributed by atoms with E-state index in [1.807, 2.05) is 13.0 Å². The largest absolute Gasteiger partial charge is 0.294 e. The van der Waals surface area contributed by atoms with E-state index in [4.69, 9.17) is 0 Å². The zero-order valence-electron chi connectivity index (χ0n) is 8.26. The maximum atomic E-state index is 11.0. The smallest absolute Gasteiger partial charge is 0.166 e. The van der Waals surface area contributed by atoms with E-state index < -0.39 is 0 Å². The van der Waals surface area contributed by atoms with Crippen molar-refractivity contribution in [1.82, 2.24) is 0 Å². The van der Waals surface area contributed by atoms with Crippen LogP contribution in [0, 0.1) is 0 Å². The molecule has 0 saturated carbocycles. The highest BCUT2D eigenvalue weighted by molar-refractivity contribution is 9.14. The molecule has 0 spiro atoms. The van der Waals surface area contributed by atoms with Gasteiger partial charge in [-0.25, -0.2) is 0 Å². The third-order valence-electron chi connectivity index (χ3n) is 1.41. The van der Waals surface area contributed by atoms with Crippen molar-refractivity contribution < 1.29 is 4.79 Å². The summed E-state index contributed by atoms with van der Waals surface area (Å²) in [5.74, 6) is 0.120. The molecule has 0 unspecified atom stereocenters. The van der Waals surface area contributed by atoms with Gasteiger partial charge in [-0.15, -0.1) is 0 Å². The fourth-order valence-corrected chi connectivity index (χ4v) is 2.16. The van der Waals surface area contributed by atoms with Crippen molar-refractivity contribution >= 4 is 33.5 Å². The summed E-state index contributed by atoms with van der Waals surface area (Å²) in [6.45, 7) is 5.59. The second-order valence-electron chi connectivity index (χ2n) is 2.61. The van der Waals surface area contributed by atoms with Crippen molar-refractivity contribution in [1.29, 1.82) is 0 Å². The summed E-state index contributed by atoms with van der Waals surface area (Å²) >= 11 is 4.90. The number of halogens is 1. The van der Waals surface area contributed by atoms with Crippen LogP contribution in [-0.2, 0) is 4.79 Å². The lowest BCUT2D eigenvalue weighted by Gasteiger charge is -2.00. The number of allylic oxidation sites excluding steroid dienone is 3. The van der Waals surface area contributed by atoms with E-state index in [-0.39, 0.29) is 5.78 Å². The Morgan fingerprint density at radius 3 is 2.54 bits per heavy atom. The molecule has 1 nitrogen and oxygen atoms in total. The number of Topliss-reactive ketones (excluding diaryl/α,β-unsaturated/α-hetero) is 1. The quantitative estimate of drug-likeness (QED) is 0.690. The molecule has 0 heterocycles. The molecule has 0 saturated heterocycles. The first kappa shape index (κ1) is 13.0. The Labute approximate surface area is 92.8 Å². The average molecular weight is 263 g/mol. The van der Waals surface area contributed by atoms with Gasteiger partial charge in [0.1, 0.15) is 0 Å². The number of thioether (sulfide) groups is 1. The van der Waals surface area contributed by atoms with Crippen LogP contribution in [0.25, 0.3) is 0 Å². The van der Waals surface area contributed by atoms with Gasteiger partial charge in [-0.05, 0) is 36.2 Å². The highest BCUT2D eigenvalue weighted by Crippen LogP contribution is 2.30. The van der Waals surface area contributed by atoms with Gasteiger partial charge in [-0.3, -0.25) is 4.79 Å². The normalized spacial score (nSPS) is 13.2. The van der Waals surface area contributed by atoms with E-state index >= 15 is 0 Å². The summed E-state index contributed by atoms with van der Waals surface area (Å²) in [6.07, 6.45) is 6.11. The van der Waals surface area contributed by atoms with Crippen LogP contribution in [0.15, 0.2) is 20.9 Å². The second kappa shape index (κ2) is 7.39. The molecule has 0 aromatic heterocycles. The van der Waals surface area contributed by atoms with Crippen molar-refractivity contribution in [2.45, 2.75) is 33.6 Å². The number of carbonyl (C=O) groups excluding carboxylic acids is 1. The van der Waals surface area contributed by atoms with Gasteiger partial charge in [0.15, 0.2) is 5.78 Å². The summed E-state index contributed by atoms with van der Waals surface area (Å²) in [4.78, 5) is 11.8. The fraction of sp³-hybridized carbons (Fsp3) is 0.500. The molecule has 0 N–H and O–H groups in total. The molecule has 0 aromatic carbocycles. The first-order valence-corrected chi connectivity index (χ1v) is 5.93. The Morgan fingerprint density at radius 2 is 2.15 bits per heavy atom. The lowest BCUT2D eigenvalue weighted by Crippen LogP contribution is -1.90. The molecular formula is C10H15BrOS. The zero-order valence-corrected chi connectivity index (χ0v) is 10.7. The number of hydrogen-bond acceptors (Lipinski definition) is 2. The maximum Gasteiger partial charge on any atom is 0.166 e.